The van der Waals surface area contributed by atoms with Gasteiger partial charge in [-0.25, -0.2) is 23.4 Å². The van der Waals surface area contributed by atoms with Crippen LogP contribution in [0.1, 0.15) is 24.1 Å². The first-order chi connectivity index (χ1) is 19.2. The summed E-state index contributed by atoms with van der Waals surface area (Å²) in [5.41, 5.74) is 7.19. The Bertz CT molecular complexity index is 1760. The van der Waals surface area contributed by atoms with Gasteiger partial charge in [-0.15, -0.1) is 12.4 Å². The molecule has 2 aromatic heterocycles. The van der Waals surface area contributed by atoms with E-state index in [2.05, 4.69) is 50.6 Å². The van der Waals surface area contributed by atoms with Crippen molar-refractivity contribution in [2.75, 3.05) is 35.0 Å². The third kappa shape index (κ3) is 6.96. The fourth-order valence-electron chi connectivity index (χ4n) is 4.67. The van der Waals surface area contributed by atoms with Crippen LogP contribution in [0.2, 0.25) is 0 Å². The zero-order chi connectivity index (χ0) is 28.3. The van der Waals surface area contributed by atoms with Crippen molar-refractivity contribution in [1.82, 2.24) is 19.5 Å². The fourth-order valence-corrected chi connectivity index (χ4v) is 5.28. The number of anilines is 4. The molecule has 9 nitrogen and oxygen atoms in total. The molecule has 41 heavy (non-hydrogen) atoms. The highest BCUT2D eigenvalue weighted by Crippen LogP contribution is 2.36. The largest absolute Gasteiger partial charge is 0.388 e. The van der Waals surface area contributed by atoms with Crippen molar-refractivity contribution in [2.45, 2.75) is 19.4 Å². The number of aryl methyl sites for hydroxylation is 2. The zero-order valence-electron chi connectivity index (χ0n) is 23.4. The normalized spacial score (nSPS) is 12.0. The molecule has 0 bridgehead atoms. The molecule has 1 atom stereocenters. The summed E-state index contributed by atoms with van der Waals surface area (Å²) in [4.78, 5) is 14.3. The van der Waals surface area contributed by atoms with Crippen LogP contribution in [-0.4, -0.2) is 47.0 Å². The van der Waals surface area contributed by atoms with Crippen molar-refractivity contribution in [3.8, 4) is 11.3 Å². The van der Waals surface area contributed by atoms with E-state index in [1.54, 1.807) is 6.20 Å². The molecule has 2 heterocycles. The maximum atomic E-state index is 11.6. The topological polar surface area (TPSA) is 114 Å². The molecule has 0 aliphatic heterocycles. The SMILES string of the molecule is CNc1ccc2c(nc(NC(C)c3ccccc3)n2C)c1-c1ccnc(Nc2cccc(CCS(C)(=O)=O)c2)n1.Cl. The van der Waals surface area contributed by atoms with E-state index in [1.165, 1.54) is 11.8 Å². The Hall–Kier alpha value is -4.15. The zero-order valence-corrected chi connectivity index (χ0v) is 25.1. The van der Waals surface area contributed by atoms with Gasteiger partial charge in [-0.2, -0.15) is 0 Å². The number of imidazole rings is 1. The number of rotatable bonds is 10. The summed E-state index contributed by atoms with van der Waals surface area (Å²) in [6.45, 7) is 2.12. The quantitative estimate of drug-likeness (QED) is 0.181. The van der Waals surface area contributed by atoms with Crippen LogP contribution in [0.5, 0.6) is 0 Å². The van der Waals surface area contributed by atoms with E-state index >= 15 is 0 Å². The summed E-state index contributed by atoms with van der Waals surface area (Å²) in [5, 5.41) is 10.1. The van der Waals surface area contributed by atoms with E-state index in [1.807, 2.05) is 68.7 Å². The monoisotopic (exact) mass is 591 g/mol. The number of fused-ring (bicyclic) bond motifs is 1. The molecule has 1 unspecified atom stereocenters. The van der Waals surface area contributed by atoms with E-state index < -0.39 is 9.84 Å². The van der Waals surface area contributed by atoms with Gasteiger partial charge in [0, 0.05) is 37.9 Å². The molecule has 3 aromatic carbocycles. The van der Waals surface area contributed by atoms with E-state index in [4.69, 9.17) is 9.97 Å². The Morgan fingerprint density at radius 2 is 1.76 bits per heavy atom. The summed E-state index contributed by atoms with van der Waals surface area (Å²) in [5.74, 6) is 1.30. The number of nitrogens with zero attached hydrogens (tertiary/aromatic N) is 4. The van der Waals surface area contributed by atoms with Crippen LogP contribution < -0.4 is 16.0 Å². The maximum absolute atomic E-state index is 11.6. The van der Waals surface area contributed by atoms with Crippen LogP contribution in [0, 0.1) is 0 Å². The molecule has 0 spiro atoms. The van der Waals surface area contributed by atoms with Gasteiger partial charge in [-0.05, 0) is 54.8 Å². The first kappa shape index (κ1) is 29.8. The van der Waals surface area contributed by atoms with Gasteiger partial charge in [0.2, 0.25) is 11.9 Å². The van der Waals surface area contributed by atoms with Gasteiger partial charge in [0.15, 0.2) is 0 Å². The third-order valence-corrected chi connectivity index (χ3v) is 7.77. The lowest BCUT2D eigenvalue weighted by Gasteiger charge is -2.14. The second-order valence-electron chi connectivity index (χ2n) is 9.85. The smallest absolute Gasteiger partial charge is 0.227 e. The van der Waals surface area contributed by atoms with Gasteiger partial charge in [-0.1, -0.05) is 42.5 Å². The fraction of sp³-hybridized carbons (Fsp3) is 0.233. The van der Waals surface area contributed by atoms with Crippen molar-refractivity contribution in [1.29, 1.82) is 0 Å². The molecule has 0 aliphatic carbocycles. The summed E-state index contributed by atoms with van der Waals surface area (Å²) in [7, 11) is 0.843. The Morgan fingerprint density at radius 3 is 2.49 bits per heavy atom. The summed E-state index contributed by atoms with van der Waals surface area (Å²) in [6.07, 6.45) is 3.41. The van der Waals surface area contributed by atoms with Crippen LogP contribution in [-0.2, 0) is 23.3 Å². The minimum absolute atomic E-state index is 0. The highest BCUT2D eigenvalue weighted by molar-refractivity contribution is 7.90. The van der Waals surface area contributed by atoms with Gasteiger partial charge < -0.3 is 20.5 Å². The summed E-state index contributed by atoms with van der Waals surface area (Å²) < 4.78 is 25.2. The lowest BCUT2D eigenvalue weighted by Crippen LogP contribution is -2.10. The molecule has 0 saturated heterocycles. The van der Waals surface area contributed by atoms with E-state index in [0.717, 1.165) is 45.2 Å². The number of halogens is 1. The van der Waals surface area contributed by atoms with Crippen molar-refractivity contribution in [2.24, 2.45) is 7.05 Å². The lowest BCUT2D eigenvalue weighted by molar-refractivity contribution is 0.601. The Balaban J connectivity index is 0.00000387. The second-order valence-corrected chi connectivity index (χ2v) is 12.1. The van der Waals surface area contributed by atoms with Crippen molar-refractivity contribution >= 4 is 56.5 Å². The number of hydrogen-bond acceptors (Lipinski definition) is 8. The average molecular weight is 592 g/mol. The van der Waals surface area contributed by atoms with E-state index in [0.29, 0.717) is 12.4 Å². The molecule has 0 amide bonds. The molecular weight excluding hydrogens is 558 g/mol. The molecule has 0 aliphatic rings. The molecule has 0 fully saturated rings. The molecule has 0 radical (unpaired) electrons. The van der Waals surface area contributed by atoms with Crippen molar-refractivity contribution in [3.63, 3.8) is 0 Å². The Kier molecular flexibility index (Phi) is 9.14. The van der Waals surface area contributed by atoms with Crippen LogP contribution in [0.3, 0.4) is 0 Å². The van der Waals surface area contributed by atoms with Gasteiger partial charge in [0.05, 0.1) is 28.6 Å². The summed E-state index contributed by atoms with van der Waals surface area (Å²) in [6, 6.07) is 23.9. The highest BCUT2D eigenvalue weighted by Gasteiger charge is 2.19. The predicted molar refractivity (Wildman–Crippen MR) is 170 cm³/mol. The number of sulfone groups is 1. The van der Waals surface area contributed by atoms with Crippen molar-refractivity contribution in [3.05, 3.63) is 90.1 Å². The first-order valence-electron chi connectivity index (χ1n) is 13.1. The van der Waals surface area contributed by atoms with Crippen LogP contribution in [0.15, 0.2) is 79.0 Å². The lowest BCUT2D eigenvalue weighted by atomic mass is 10.1. The highest BCUT2D eigenvalue weighted by atomic mass is 35.5. The van der Waals surface area contributed by atoms with Gasteiger partial charge in [0.25, 0.3) is 0 Å². The molecule has 0 saturated carbocycles. The number of aromatic nitrogens is 4. The van der Waals surface area contributed by atoms with Gasteiger partial charge in [0.1, 0.15) is 15.4 Å². The molecule has 3 N–H and O–H groups in total. The second kappa shape index (κ2) is 12.6. The van der Waals surface area contributed by atoms with Crippen molar-refractivity contribution < 1.29 is 8.42 Å². The minimum atomic E-state index is -3.04. The van der Waals surface area contributed by atoms with Gasteiger partial charge in [-0.3, -0.25) is 0 Å². The standard InChI is InChI=1S/C30H33N7O2S.ClH/c1-20(22-10-6-5-7-11-22)33-30-36-28-26(37(30)3)14-13-24(31-2)27(28)25-15-17-32-29(35-25)34-23-12-8-9-21(19-23)16-18-40(4,38)39;/h5-15,17,19-20,31H,16,18H2,1-4H3,(H,33,36)(H,32,34,35);1H. The Labute approximate surface area is 246 Å². The van der Waals surface area contributed by atoms with E-state index in [9.17, 15) is 8.42 Å². The van der Waals surface area contributed by atoms with Gasteiger partial charge >= 0.3 is 0 Å². The van der Waals surface area contributed by atoms with E-state index in [-0.39, 0.29) is 24.2 Å². The Morgan fingerprint density at radius 1 is 0.976 bits per heavy atom. The predicted octanol–water partition coefficient (Wildman–Crippen LogP) is 6.00. The maximum Gasteiger partial charge on any atom is 0.227 e. The third-order valence-electron chi connectivity index (χ3n) is 6.82. The molecule has 11 heteroatoms. The summed E-state index contributed by atoms with van der Waals surface area (Å²) >= 11 is 0. The number of benzene rings is 3. The molecule has 5 rings (SSSR count). The van der Waals surface area contributed by atoms with Crippen LogP contribution >= 0.6 is 12.4 Å². The number of nitrogens with one attached hydrogen (secondary N) is 3. The average Bonchev–Trinajstić information content (AvgIpc) is 3.26. The number of hydrogen-bond donors (Lipinski definition) is 3. The van der Waals surface area contributed by atoms with Crippen LogP contribution in [0.4, 0.5) is 23.3 Å². The molecular formula is C30H34ClN7O2S. The minimum Gasteiger partial charge on any atom is -0.388 e. The first-order valence-corrected chi connectivity index (χ1v) is 15.1. The van der Waals surface area contributed by atoms with Crippen LogP contribution in [0.25, 0.3) is 22.3 Å². The molecule has 5 aromatic rings. The molecule has 214 valence electrons.